The van der Waals surface area contributed by atoms with E-state index in [1.165, 1.54) is 33.4 Å². The van der Waals surface area contributed by atoms with Gasteiger partial charge in [0.15, 0.2) is 0 Å². The minimum Gasteiger partial charge on any atom is -0.0619 e. The summed E-state index contributed by atoms with van der Waals surface area (Å²) in [6.45, 7) is 0. The molecule has 0 aliphatic heterocycles. The Bertz CT molecular complexity index is 850. The van der Waals surface area contributed by atoms with E-state index in [9.17, 15) is 0 Å². The second-order valence-corrected chi connectivity index (χ2v) is 7.87. The molecular formula is C20H12Br2. The average Bonchev–Trinajstić information content (AvgIpc) is 2.54. The zero-order chi connectivity index (χ0) is 14.8. The van der Waals surface area contributed by atoms with Crippen molar-refractivity contribution in [1.29, 1.82) is 0 Å². The summed E-state index contributed by atoms with van der Waals surface area (Å²) in [7, 11) is 0. The molecule has 2 atom stereocenters. The van der Waals surface area contributed by atoms with Gasteiger partial charge in [-0.3, -0.25) is 0 Å². The first-order chi connectivity index (χ1) is 10.7. The van der Waals surface area contributed by atoms with Crippen molar-refractivity contribution in [2.45, 2.75) is 11.8 Å². The van der Waals surface area contributed by atoms with Gasteiger partial charge >= 0.3 is 0 Å². The van der Waals surface area contributed by atoms with Crippen molar-refractivity contribution in [3.8, 4) is 0 Å². The van der Waals surface area contributed by atoms with E-state index in [4.69, 9.17) is 0 Å². The van der Waals surface area contributed by atoms with E-state index >= 15 is 0 Å². The van der Waals surface area contributed by atoms with Crippen LogP contribution in [-0.4, -0.2) is 0 Å². The summed E-state index contributed by atoms with van der Waals surface area (Å²) in [5, 5.41) is 0. The van der Waals surface area contributed by atoms with Crippen LogP contribution in [0.4, 0.5) is 0 Å². The topological polar surface area (TPSA) is 0 Å². The van der Waals surface area contributed by atoms with E-state index in [1.54, 1.807) is 0 Å². The maximum absolute atomic E-state index is 3.65. The van der Waals surface area contributed by atoms with Crippen LogP contribution < -0.4 is 0 Å². The van der Waals surface area contributed by atoms with Crippen molar-refractivity contribution >= 4 is 31.9 Å². The lowest BCUT2D eigenvalue weighted by molar-refractivity contribution is 0.753. The molecule has 0 radical (unpaired) electrons. The van der Waals surface area contributed by atoms with E-state index in [0.29, 0.717) is 11.8 Å². The van der Waals surface area contributed by atoms with Crippen LogP contribution >= 0.6 is 31.9 Å². The van der Waals surface area contributed by atoms with Crippen LogP contribution in [0.5, 0.6) is 0 Å². The number of rotatable bonds is 0. The summed E-state index contributed by atoms with van der Waals surface area (Å²) in [4.78, 5) is 0. The Labute approximate surface area is 146 Å². The van der Waals surface area contributed by atoms with Crippen molar-refractivity contribution in [2.75, 3.05) is 0 Å². The smallest absolute Gasteiger partial charge is 0.0349 e. The molecule has 0 fully saturated rings. The van der Waals surface area contributed by atoms with Gasteiger partial charge in [-0.05, 0) is 57.6 Å². The van der Waals surface area contributed by atoms with Gasteiger partial charge in [0.05, 0.1) is 0 Å². The second kappa shape index (κ2) is 4.56. The Morgan fingerprint density at radius 1 is 0.500 bits per heavy atom. The van der Waals surface area contributed by atoms with Gasteiger partial charge in [-0.2, -0.15) is 0 Å². The third-order valence-corrected chi connectivity index (χ3v) is 5.95. The SMILES string of the molecule is Brc1ccc2c(c1)C1c3ccccc3[C@@H]2c2cc(Br)ccc21. The standard InChI is InChI=1S/C20H12Br2/c21-11-6-8-16-17(9-11)19-13-3-1-2-4-14(13)20(16)18-10-12(22)5-7-15(18)19/h1-10,19-20H/t19-,20?/m0/s1. The van der Waals surface area contributed by atoms with Gasteiger partial charge in [-0.1, -0.05) is 68.3 Å². The average molecular weight is 412 g/mol. The van der Waals surface area contributed by atoms with Crippen molar-refractivity contribution in [1.82, 2.24) is 0 Å². The lowest BCUT2D eigenvalue weighted by Crippen LogP contribution is -2.27. The molecule has 6 rings (SSSR count). The molecule has 22 heavy (non-hydrogen) atoms. The molecule has 106 valence electrons. The summed E-state index contributed by atoms with van der Waals surface area (Å²) in [6.07, 6.45) is 0. The first kappa shape index (κ1) is 13.1. The van der Waals surface area contributed by atoms with Gasteiger partial charge in [-0.25, -0.2) is 0 Å². The highest BCUT2D eigenvalue weighted by molar-refractivity contribution is 9.10. The quantitative estimate of drug-likeness (QED) is 0.284. The maximum atomic E-state index is 3.65. The van der Waals surface area contributed by atoms with Gasteiger partial charge in [0.25, 0.3) is 0 Å². The van der Waals surface area contributed by atoms with Crippen molar-refractivity contribution in [3.05, 3.63) is 103 Å². The zero-order valence-corrected chi connectivity index (χ0v) is 14.9. The Balaban J connectivity index is 1.90. The van der Waals surface area contributed by atoms with E-state index in [2.05, 4.69) is 92.5 Å². The number of hydrogen-bond donors (Lipinski definition) is 0. The molecule has 0 amide bonds. The van der Waals surface area contributed by atoms with Crippen LogP contribution in [0.15, 0.2) is 69.6 Å². The van der Waals surface area contributed by atoms with Crippen LogP contribution in [0.25, 0.3) is 0 Å². The first-order valence-corrected chi connectivity index (χ1v) is 9.00. The fraction of sp³-hybridized carbons (Fsp3) is 0.100. The third kappa shape index (κ3) is 1.63. The predicted molar refractivity (Wildman–Crippen MR) is 96.6 cm³/mol. The molecule has 2 heteroatoms. The highest BCUT2D eigenvalue weighted by Gasteiger charge is 2.40. The van der Waals surface area contributed by atoms with Gasteiger partial charge in [0, 0.05) is 20.8 Å². The summed E-state index contributed by atoms with van der Waals surface area (Å²) in [5.41, 5.74) is 8.75. The molecule has 0 saturated heterocycles. The molecule has 2 bridgehead atoms. The summed E-state index contributed by atoms with van der Waals surface area (Å²) >= 11 is 7.29. The van der Waals surface area contributed by atoms with Crippen LogP contribution in [0, 0.1) is 0 Å². The third-order valence-electron chi connectivity index (χ3n) is 4.96. The Morgan fingerprint density at radius 2 is 0.909 bits per heavy atom. The molecular weight excluding hydrogens is 400 g/mol. The monoisotopic (exact) mass is 410 g/mol. The Morgan fingerprint density at radius 3 is 1.36 bits per heavy atom. The van der Waals surface area contributed by atoms with Gasteiger partial charge in [-0.15, -0.1) is 0 Å². The molecule has 3 aliphatic rings. The molecule has 3 aliphatic carbocycles. The second-order valence-electron chi connectivity index (χ2n) is 6.04. The van der Waals surface area contributed by atoms with Gasteiger partial charge in [0.2, 0.25) is 0 Å². The molecule has 0 saturated carbocycles. The minimum atomic E-state index is 0.358. The Hall–Kier alpha value is -1.38. The molecule has 3 aromatic carbocycles. The highest BCUT2D eigenvalue weighted by atomic mass is 79.9. The summed E-state index contributed by atoms with van der Waals surface area (Å²) in [5.74, 6) is 0.716. The van der Waals surface area contributed by atoms with Crippen LogP contribution in [0.3, 0.4) is 0 Å². The van der Waals surface area contributed by atoms with E-state index in [1.807, 2.05) is 0 Å². The molecule has 1 unspecified atom stereocenters. The molecule has 0 aromatic heterocycles. The van der Waals surface area contributed by atoms with Crippen molar-refractivity contribution in [3.63, 3.8) is 0 Å². The van der Waals surface area contributed by atoms with Crippen LogP contribution in [0.2, 0.25) is 0 Å². The fourth-order valence-electron chi connectivity index (χ4n) is 4.16. The molecule has 3 aromatic rings. The maximum Gasteiger partial charge on any atom is 0.0349 e. The first-order valence-electron chi connectivity index (χ1n) is 7.41. The lowest BCUT2D eigenvalue weighted by atomic mass is 9.61. The summed E-state index contributed by atoms with van der Waals surface area (Å²) in [6, 6.07) is 22.4. The number of hydrogen-bond acceptors (Lipinski definition) is 0. The highest BCUT2D eigenvalue weighted by Crippen LogP contribution is 2.56. The largest absolute Gasteiger partial charge is 0.0619 e. The normalized spacial score (nSPS) is 20.3. The molecule has 0 heterocycles. The zero-order valence-electron chi connectivity index (χ0n) is 11.7. The van der Waals surface area contributed by atoms with Crippen LogP contribution in [0.1, 0.15) is 45.2 Å². The fourth-order valence-corrected chi connectivity index (χ4v) is 4.92. The lowest BCUT2D eigenvalue weighted by Gasteiger charge is -2.42. The van der Waals surface area contributed by atoms with Crippen LogP contribution in [-0.2, 0) is 0 Å². The van der Waals surface area contributed by atoms with Gasteiger partial charge in [0.1, 0.15) is 0 Å². The minimum absolute atomic E-state index is 0.358. The van der Waals surface area contributed by atoms with Crippen molar-refractivity contribution in [2.24, 2.45) is 0 Å². The van der Waals surface area contributed by atoms with E-state index in [0.717, 1.165) is 8.95 Å². The molecule has 0 spiro atoms. The molecule has 0 N–H and O–H groups in total. The summed E-state index contributed by atoms with van der Waals surface area (Å²) < 4.78 is 2.32. The van der Waals surface area contributed by atoms with Crippen molar-refractivity contribution < 1.29 is 0 Å². The molecule has 0 nitrogen and oxygen atoms in total. The van der Waals surface area contributed by atoms with E-state index in [-0.39, 0.29) is 0 Å². The van der Waals surface area contributed by atoms with Gasteiger partial charge < -0.3 is 0 Å². The van der Waals surface area contributed by atoms with E-state index < -0.39 is 0 Å². The predicted octanol–water partition coefficient (Wildman–Crippen LogP) is 6.20. The number of benzene rings is 3. The number of halogens is 2. The Kier molecular flexibility index (Phi) is 2.71.